The summed E-state index contributed by atoms with van der Waals surface area (Å²) >= 11 is 11.4. The van der Waals surface area contributed by atoms with Gasteiger partial charge in [-0.25, -0.2) is 0 Å². The van der Waals surface area contributed by atoms with Gasteiger partial charge in [-0.05, 0) is 67.8 Å². The fourth-order valence-corrected chi connectivity index (χ4v) is 10.1. The first kappa shape index (κ1) is 29.2. The summed E-state index contributed by atoms with van der Waals surface area (Å²) in [5.74, 6) is -1.60. The highest BCUT2D eigenvalue weighted by molar-refractivity contribution is 9.09. The Bertz CT molecular complexity index is 1280. The first-order valence-electron chi connectivity index (χ1n) is 13.5. The number of halogens is 2. The van der Waals surface area contributed by atoms with Crippen molar-refractivity contribution in [2.24, 2.45) is 17.8 Å². The molecule has 3 aliphatic heterocycles. The lowest BCUT2D eigenvalue weighted by Gasteiger charge is -2.38. The van der Waals surface area contributed by atoms with E-state index in [2.05, 4.69) is 26.6 Å². The number of carbonyl (C=O) groups excluding carboxylic acids is 3. The van der Waals surface area contributed by atoms with Crippen molar-refractivity contribution in [2.75, 3.05) is 23.8 Å². The van der Waals surface area contributed by atoms with E-state index in [1.165, 1.54) is 0 Å². The quantitative estimate of drug-likeness (QED) is 0.337. The smallest absolute Gasteiger partial charge is 0.248 e. The summed E-state index contributed by atoms with van der Waals surface area (Å²) in [6.07, 6.45) is 0.553. The van der Waals surface area contributed by atoms with Crippen molar-refractivity contribution in [2.45, 2.75) is 54.1 Å². The molecule has 11 heteroatoms. The third-order valence-electron chi connectivity index (χ3n) is 8.14. The van der Waals surface area contributed by atoms with Gasteiger partial charge < -0.3 is 25.4 Å². The largest absolute Gasteiger partial charge is 0.494 e. The standard InChI is InChI=1S/C29H33BrClN3O5S/c1-4-39-19-11-9-18(10-12-19)32-26(36)22-23-28(38)34(21(14-35)15(2)3)25(29(23)13-20(30)24(22)40-29)27(37)33-17-7-5-16(31)6-8-17/h5-12,15,20-25,35H,4,13-14H2,1-3H3,(H,32,36)(H,33,37)/t20?,21-,22+,23-,24+,25?,29?/m0/s1. The van der Waals surface area contributed by atoms with Crippen molar-refractivity contribution < 1.29 is 24.2 Å². The molecule has 7 atom stereocenters. The van der Waals surface area contributed by atoms with Gasteiger partial charge in [0.05, 0.1) is 35.8 Å². The molecule has 3 unspecified atom stereocenters. The van der Waals surface area contributed by atoms with Crippen LogP contribution in [-0.4, -0.2) is 67.8 Å². The molecule has 3 N–H and O–H groups in total. The van der Waals surface area contributed by atoms with Crippen molar-refractivity contribution in [3.05, 3.63) is 53.6 Å². The van der Waals surface area contributed by atoms with E-state index in [0.29, 0.717) is 35.2 Å². The summed E-state index contributed by atoms with van der Waals surface area (Å²) in [5, 5.41) is 16.7. The number of fused-ring (bicyclic) bond motifs is 1. The van der Waals surface area contributed by atoms with Crippen LogP contribution in [0.15, 0.2) is 48.5 Å². The van der Waals surface area contributed by atoms with Crippen molar-refractivity contribution in [3.8, 4) is 5.75 Å². The van der Waals surface area contributed by atoms with Crippen molar-refractivity contribution in [1.82, 2.24) is 4.90 Å². The predicted molar refractivity (Wildman–Crippen MR) is 161 cm³/mol. The Hall–Kier alpha value is -2.27. The molecular weight excluding hydrogens is 618 g/mol. The molecule has 3 fully saturated rings. The third kappa shape index (κ3) is 5.01. The Labute approximate surface area is 251 Å². The van der Waals surface area contributed by atoms with Gasteiger partial charge in [0.1, 0.15) is 11.8 Å². The lowest BCUT2D eigenvalue weighted by molar-refractivity contribution is -0.142. The van der Waals surface area contributed by atoms with Crippen LogP contribution in [0.5, 0.6) is 5.75 Å². The van der Waals surface area contributed by atoms with Crippen LogP contribution in [0.25, 0.3) is 0 Å². The topological polar surface area (TPSA) is 108 Å². The predicted octanol–water partition coefficient (Wildman–Crippen LogP) is 4.80. The maximum absolute atomic E-state index is 14.3. The minimum Gasteiger partial charge on any atom is -0.494 e. The molecule has 0 aliphatic carbocycles. The van der Waals surface area contributed by atoms with Crippen molar-refractivity contribution in [1.29, 1.82) is 0 Å². The van der Waals surface area contributed by atoms with Crippen LogP contribution in [0.2, 0.25) is 5.02 Å². The molecule has 40 heavy (non-hydrogen) atoms. The number of amides is 3. The van der Waals surface area contributed by atoms with Gasteiger partial charge in [0.2, 0.25) is 17.7 Å². The Morgan fingerprint density at radius 3 is 2.30 bits per heavy atom. The molecule has 8 nitrogen and oxygen atoms in total. The van der Waals surface area contributed by atoms with Gasteiger partial charge in [-0.15, -0.1) is 11.8 Å². The second-order valence-corrected chi connectivity index (χ2v) is 14.0. The first-order chi connectivity index (χ1) is 19.1. The lowest BCUT2D eigenvalue weighted by atomic mass is 9.70. The fraction of sp³-hybridized carbons (Fsp3) is 0.483. The number of nitrogens with one attached hydrogen (secondary N) is 2. The number of anilines is 2. The highest BCUT2D eigenvalue weighted by Gasteiger charge is 2.76. The molecule has 2 aromatic rings. The van der Waals surface area contributed by atoms with E-state index in [0.717, 1.165) is 0 Å². The van der Waals surface area contributed by atoms with E-state index >= 15 is 0 Å². The minimum absolute atomic E-state index is 0.0601. The zero-order chi connectivity index (χ0) is 28.8. The van der Waals surface area contributed by atoms with E-state index in [4.69, 9.17) is 16.3 Å². The zero-order valence-corrected chi connectivity index (χ0v) is 25.6. The number of nitrogens with zero attached hydrogens (tertiary/aromatic N) is 1. The van der Waals surface area contributed by atoms with Crippen LogP contribution in [0.1, 0.15) is 27.2 Å². The van der Waals surface area contributed by atoms with E-state index < -0.39 is 28.7 Å². The zero-order valence-electron chi connectivity index (χ0n) is 22.5. The lowest BCUT2D eigenvalue weighted by Crippen LogP contribution is -2.56. The number of hydrogen-bond donors (Lipinski definition) is 3. The second-order valence-electron chi connectivity index (χ2n) is 10.8. The maximum Gasteiger partial charge on any atom is 0.248 e. The summed E-state index contributed by atoms with van der Waals surface area (Å²) in [6.45, 7) is 6.00. The van der Waals surface area contributed by atoms with E-state index in [9.17, 15) is 19.5 Å². The van der Waals surface area contributed by atoms with Gasteiger partial charge >= 0.3 is 0 Å². The Morgan fingerprint density at radius 2 is 1.73 bits per heavy atom. The molecule has 3 amide bonds. The summed E-state index contributed by atoms with van der Waals surface area (Å²) in [5.41, 5.74) is 1.17. The van der Waals surface area contributed by atoms with Gasteiger partial charge in [0, 0.05) is 26.5 Å². The normalized spacial score (nSPS) is 29.4. The molecule has 0 saturated carbocycles. The maximum atomic E-state index is 14.3. The number of aliphatic hydroxyl groups excluding tert-OH is 1. The molecule has 0 radical (unpaired) electrons. The number of ether oxygens (including phenoxy) is 1. The molecular formula is C29H33BrClN3O5S. The minimum atomic E-state index is -0.862. The van der Waals surface area contributed by atoms with Crippen molar-refractivity contribution >= 4 is 68.4 Å². The van der Waals surface area contributed by atoms with E-state index in [-0.39, 0.29) is 40.3 Å². The highest BCUT2D eigenvalue weighted by Crippen LogP contribution is 2.68. The van der Waals surface area contributed by atoms with Gasteiger partial charge in [0.25, 0.3) is 0 Å². The van der Waals surface area contributed by atoms with Crippen LogP contribution in [0, 0.1) is 17.8 Å². The monoisotopic (exact) mass is 649 g/mol. The fourth-order valence-electron chi connectivity index (χ4n) is 6.41. The van der Waals surface area contributed by atoms with Crippen molar-refractivity contribution in [3.63, 3.8) is 0 Å². The molecule has 2 aromatic carbocycles. The SMILES string of the molecule is CCOc1ccc(NC(=O)[C@H]2[C@@H]3SC4(CC3Br)C(C(=O)Nc3ccc(Cl)cc3)N([C@@H](CO)C(C)C)C(=O)[C@H]24)cc1. The summed E-state index contributed by atoms with van der Waals surface area (Å²) in [4.78, 5) is 43.6. The Balaban J connectivity index is 1.49. The summed E-state index contributed by atoms with van der Waals surface area (Å²) < 4.78 is 4.68. The van der Waals surface area contributed by atoms with Gasteiger partial charge in [-0.1, -0.05) is 41.4 Å². The number of alkyl halides is 1. The van der Waals surface area contributed by atoms with E-state index in [1.54, 1.807) is 65.2 Å². The molecule has 214 valence electrons. The van der Waals surface area contributed by atoms with Gasteiger partial charge in [0.15, 0.2) is 0 Å². The molecule has 3 heterocycles. The number of aliphatic hydroxyl groups is 1. The second kappa shape index (κ2) is 11.5. The molecule has 1 spiro atoms. The average Bonchev–Trinajstić information content (AvgIpc) is 3.50. The Kier molecular flexibility index (Phi) is 8.44. The first-order valence-corrected chi connectivity index (χ1v) is 15.6. The molecule has 2 bridgehead atoms. The molecule has 5 rings (SSSR count). The number of hydrogen-bond acceptors (Lipinski definition) is 6. The van der Waals surface area contributed by atoms with Gasteiger partial charge in [-0.3, -0.25) is 14.4 Å². The van der Waals surface area contributed by atoms with E-state index in [1.807, 2.05) is 20.8 Å². The number of benzene rings is 2. The average molecular weight is 651 g/mol. The third-order valence-corrected chi connectivity index (χ3v) is 11.6. The summed E-state index contributed by atoms with van der Waals surface area (Å²) in [6, 6.07) is 12.5. The van der Waals surface area contributed by atoms with Crippen LogP contribution >= 0.6 is 39.3 Å². The number of rotatable bonds is 9. The van der Waals surface area contributed by atoms with Crippen LogP contribution in [0.4, 0.5) is 11.4 Å². The Morgan fingerprint density at radius 1 is 1.12 bits per heavy atom. The van der Waals surface area contributed by atoms with Gasteiger partial charge in [-0.2, -0.15) is 0 Å². The van der Waals surface area contributed by atoms with Crippen LogP contribution in [-0.2, 0) is 14.4 Å². The number of carbonyl (C=O) groups is 3. The summed E-state index contributed by atoms with van der Waals surface area (Å²) in [7, 11) is 0. The highest BCUT2D eigenvalue weighted by atomic mass is 79.9. The number of thioether (sulfide) groups is 1. The van der Waals surface area contributed by atoms with Crippen LogP contribution < -0.4 is 15.4 Å². The van der Waals surface area contributed by atoms with Crippen LogP contribution in [0.3, 0.4) is 0 Å². The molecule has 3 aliphatic rings. The molecule has 3 saturated heterocycles. The number of likely N-dealkylation sites (tertiary alicyclic amines) is 1. The molecule has 0 aromatic heterocycles.